The van der Waals surface area contributed by atoms with E-state index in [9.17, 15) is 4.79 Å². The maximum Gasteiger partial charge on any atom is 0.220 e. The van der Waals surface area contributed by atoms with Gasteiger partial charge < -0.3 is 14.6 Å². The molecule has 2 aromatic carbocycles. The number of rotatable bonds is 9. The van der Waals surface area contributed by atoms with Gasteiger partial charge in [0.1, 0.15) is 5.75 Å². The Morgan fingerprint density at radius 1 is 1.00 bits per heavy atom. The van der Waals surface area contributed by atoms with Gasteiger partial charge in [-0.05, 0) is 78.4 Å². The molecule has 0 spiro atoms. The molecular formula is C26H25ClN2O2S. The minimum Gasteiger partial charge on any atom is -0.497 e. The lowest BCUT2D eigenvalue weighted by molar-refractivity contribution is -0.121. The molecule has 1 amide bonds. The van der Waals surface area contributed by atoms with Crippen molar-refractivity contribution >= 4 is 28.8 Å². The Morgan fingerprint density at radius 3 is 2.47 bits per heavy atom. The van der Waals surface area contributed by atoms with Gasteiger partial charge in [0.2, 0.25) is 5.91 Å². The largest absolute Gasteiger partial charge is 0.497 e. The van der Waals surface area contributed by atoms with Crippen LogP contribution in [0.4, 0.5) is 0 Å². The van der Waals surface area contributed by atoms with Crippen LogP contribution in [0.25, 0.3) is 16.9 Å². The van der Waals surface area contributed by atoms with Crippen LogP contribution in [0.2, 0.25) is 5.02 Å². The first-order valence-electron chi connectivity index (χ1n) is 10.5. The van der Waals surface area contributed by atoms with Crippen molar-refractivity contribution in [2.75, 3.05) is 13.7 Å². The Morgan fingerprint density at radius 2 is 1.78 bits per heavy atom. The van der Waals surface area contributed by atoms with Crippen LogP contribution in [0.1, 0.15) is 17.0 Å². The number of benzene rings is 2. The molecular weight excluding hydrogens is 440 g/mol. The summed E-state index contributed by atoms with van der Waals surface area (Å²) in [5.74, 6) is 0.873. The van der Waals surface area contributed by atoms with E-state index in [2.05, 4.69) is 33.5 Å². The molecule has 0 bridgehead atoms. The third kappa shape index (κ3) is 5.42. The van der Waals surface area contributed by atoms with Crippen molar-refractivity contribution < 1.29 is 9.53 Å². The molecule has 2 heterocycles. The van der Waals surface area contributed by atoms with E-state index >= 15 is 0 Å². The first-order chi connectivity index (χ1) is 15.6. The topological polar surface area (TPSA) is 43.3 Å². The number of carbonyl (C=O) groups is 1. The number of methoxy groups -OCH3 is 1. The van der Waals surface area contributed by atoms with Crippen LogP contribution in [0.15, 0.2) is 78.2 Å². The predicted molar refractivity (Wildman–Crippen MR) is 132 cm³/mol. The zero-order valence-electron chi connectivity index (χ0n) is 17.9. The van der Waals surface area contributed by atoms with Crippen molar-refractivity contribution in [1.82, 2.24) is 9.88 Å². The van der Waals surface area contributed by atoms with Gasteiger partial charge in [-0.2, -0.15) is 0 Å². The number of halogens is 1. The summed E-state index contributed by atoms with van der Waals surface area (Å²) in [4.78, 5) is 13.7. The fourth-order valence-electron chi connectivity index (χ4n) is 3.67. The van der Waals surface area contributed by atoms with E-state index in [1.807, 2.05) is 54.6 Å². The van der Waals surface area contributed by atoms with Gasteiger partial charge in [0.25, 0.3) is 0 Å². The van der Waals surface area contributed by atoms with Crippen molar-refractivity contribution in [2.45, 2.75) is 19.3 Å². The molecule has 0 radical (unpaired) electrons. The van der Waals surface area contributed by atoms with Gasteiger partial charge in [-0.1, -0.05) is 29.8 Å². The van der Waals surface area contributed by atoms with Gasteiger partial charge in [-0.25, -0.2) is 0 Å². The standard InChI is InChI=1S/C26H25ClN2O2S/c1-31-23-12-8-21(9-13-23)29-22(10-14-25(29)19-4-6-20(27)7-5-19)11-15-26(30)28-17-16-24-3-2-18-32-24/h2-10,12-14,18H,11,15-17H2,1H3,(H,28,30). The summed E-state index contributed by atoms with van der Waals surface area (Å²) in [6.45, 7) is 0.662. The lowest BCUT2D eigenvalue weighted by atomic mass is 10.1. The molecule has 0 saturated heterocycles. The number of aryl methyl sites for hydroxylation is 1. The summed E-state index contributed by atoms with van der Waals surface area (Å²) in [5.41, 5.74) is 4.22. The fourth-order valence-corrected chi connectivity index (χ4v) is 4.50. The predicted octanol–water partition coefficient (Wildman–Crippen LogP) is 6.16. The second kappa shape index (κ2) is 10.5. The van der Waals surface area contributed by atoms with Crippen LogP contribution < -0.4 is 10.1 Å². The summed E-state index contributed by atoms with van der Waals surface area (Å²) in [6, 6.07) is 24.1. The number of hydrogen-bond donors (Lipinski definition) is 1. The first kappa shape index (κ1) is 22.2. The molecule has 32 heavy (non-hydrogen) atoms. The van der Waals surface area contributed by atoms with Crippen molar-refractivity contribution in [3.05, 3.63) is 93.8 Å². The molecule has 2 aromatic heterocycles. The number of nitrogens with one attached hydrogen (secondary N) is 1. The Balaban J connectivity index is 1.51. The van der Waals surface area contributed by atoms with Gasteiger partial charge in [0.15, 0.2) is 0 Å². The third-order valence-corrected chi connectivity index (χ3v) is 6.50. The number of thiophene rings is 1. The molecule has 6 heteroatoms. The van der Waals surface area contributed by atoms with E-state index in [0.717, 1.165) is 34.8 Å². The molecule has 0 atom stereocenters. The maximum absolute atomic E-state index is 12.4. The lowest BCUT2D eigenvalue weighted by Crippen LogP contribution is -2.25. The Bertz CT molecular complexity index is 1150. The highest BCUT2D eigenvalue weighted by Crippen LogP contribution is 2.29. The molecule has 0 aliphatic rings. The van der Waals surface area contributed by atoms with E-state index in [1.165, 1.54) is 4.88 Å². The number of ether oxygens (including phenoxy) is 1. The molecule has 0 aliphatic heterocycles. The van der Waals surface area contributed by atoms with Gasteiger partial charge >= 0.3 is 0 Å². The Hall–Kier alpha value is -3.02. The molecule has 4 aromatic rings. The van der Waals surface area contributed by atoms with Crippen LogP contribution in [-0.2, 0) is 17.6 Å². The average Bonchev–Trinajstić information content (AvgIpc) is 3.48. The van der Waals surface area contributed by atoms with Crippen LogP contribution >= 0.6 is 22.9 Å². The summed E-state index contributed by atoms with van der Waals surface area (Å²) < 4.78 is 7.51. The number of carbonyl (C=O) groups excluding carboxylic acids is 1. The highest BCUT2D eigenvalue weighted by Gasteiger charge is 2.14. The molecule has 0 aliphatic carbocycles. The molecule has 0 fully saturated rings. The van der Waals surface area contributed by atoms with Crippen LogP contribution in [0, 0.1) is 0 Å². The Kier molecular flexibility index (Phi) is 7.30. The van der Waals surface area contributed by atoms with Gasteiger partial charge in [0, 0.05) is 34.2 Å². The number of amides is 1. The monoisotopic (exact) mass is 464 g/mol. The van der Waals surface area contributed by atoms with Crippen LogP contribution in [0.5, 0.6) is 5.75 Å². The highest BCUT2D eigenvalue weighted by molar-refractivity contribution is 7.09. The lowest BCUT2D eigenvalue weighted by Gasteiger charge is -2.15. The smallest absolute Gasteiger partial charge is 0.220 e. The van der Waals surface area contributed by atoms with Gasteiger partial charge in [-0.3, -0.25) is 4.79 Å². The maximum atomic E-state index is 12.4. The summed E-state index contributed by atoms with van der Waals surface area (Å²) >= 11 is 7.81. The number of nitrogens with zero attached hydrogens (tertiary/aromatic N) is 1. The second-order valence-corrected chi connectivity index (χ2v) is 8.90. The van der Waals surface area contributed by atoms with Crippen molar-refractivity contribution in [1.29, 1.82) is 0 Å². The molecule has 1 N–H and O–H groups in total. The van der Waals surface area contributed by atoms with Crippen molar-refractivity contribution in [3.63, 3.8) is 0 Å². The fraction of sp³-hybridized carbons (Fsp3) is 0.192. The van der Waals surface area contributed by atoms with Crippen molar-refractivity contribution in [3.8, 4) is 22.7 Å². The summed E-state index contributed by atoms with van der Waals surface area (Å²) in [7, 11) is 1.66. The second-order valence-electron chi connectivity index (χ2n) is 7.43. The molecule has 0 saturated carbocycles. The molecule has 0 unspecified atom stereocenters. The SMILES string of the molecule is COc1ccc(-n2c(CCC(=O)NCCc3cccs3)ccc2-c2ccc(Cl)cc2)cc1. The van der Waals surface area contributed by atoms with E-state index in [1.54, 1.807) is 18.4 Å². The molecule has 4 nitrogen and oxygen atoms in total. The third-order valence-electron chi connectivity index (χ3n) is 5.31. The number of hydrogen-bond acceptors (Lipinski definition) is 3. The zero-order valence-corrected chi connectivity index (χ0v) is 19.5. The minimum atomic E-state index is 0.0667. The highest BCUT2D eigenvalue weighted by atomic mass is 35.5. The average molecular weight is 465 g/mol. The molecule has 4 rings (SSSR count). The van der Waals surface area contributed by atoms with E-state index < -0.39 is 0 Å². The molecule has 164 valence electrons. The zero-order chi connectivity index (χ0) is 22.3. The normalized spacial score (nSPS) is 10.8. The van der Waals surface area contributed by atoms with Gasteiger partial charge in [-0.15, -0.1) is 11.3 Å². The van der Waals surface area contributed by atoms with E-state index in [-0.39, 0.29) is 5.91 Å². The van der Waals surface area contributed by atoms with E-state index in [4.69, 9.17) is 16.3 Å². The summed E-state index contributed by atoms with van der Waals surface area (Å²) in [5, 5.41) is 5.80. The van der Waals surface area contributed by atoms with Crippen molar-refractivity contribution in [2.24, 2.45) is 0 Å². The minimum absolute atomic E-state index is 0.0667. The Labute approximate surface area is 197 Å². The van der Waals surface area contributed by atoms with Gasteiger partial charge in [0.05, 0.1) is 12.8 Å². The van der Waals surface area contributed by atoms with Crippen LogP contribution in [-0.4, -0.2) is 24.1 Å². The summed E-state index contributed by atoms with van der Waals surface area (Å²) in [6.07, 6.45) is 1.95. The van der Waals surface area contributed by atoms with Crippen LogP contribution in [0.3, 0.4) is 0 Å². The first-order valence-corrected chi connectivity index (χ1v) is 11.8. The number of aromatic nitrogens is 1. The van der Waals surface area contributed by atoms with E-state index in [0.29, 0.717) is 24.4 Å². The quantitative estimate of drug-likeness (QED) is 0.322.